The number of ether oxygens (including phenoxy) is 1. The van der Waals surface area contributed by atoms with Crippen molar-refractivity contribution >= 4 is 12.3 Å². The Morgan fingerprint density at radius 3 is 2.57 bits per heavy atom. The van der Waals surface area contributed by atoms with Gasteiger partial charge < -0.3 is 15.5 Å². The van der Waals surface area contributed by atoms with Crippen molar-refractivity contribution in [3.05, 3.63) is 0 Å². The molecule has 0 spiro atoms. The van der Waals surface area contributed by atoms with E-state index in [0.717, 1.165) is 0 Å². The Balaban J connectivity index is 3.69. The van der Waals surface area contributed by atoms with Gasteiger partial charge in [0.1, 0.15) is 5.60 Å². The standard InChI is InChI=1S/C10H20N2O2/c1-8(5-6-11)7-12-9(13)14-10(2,3)4/h6,8,11H,5,7H2,1-4H3,(H,12,13)/t8-/m0/s1. The molecule has 0 fully saturated rings. The average Bonchev–Trinajstić information content (AvgIpc) is 1.98. The van der Waals surface area contributed by atoms with E-state index in [1.807, 2.05) is 27.7 Å². The Labute approximate surface area is 85.5 Å². The molecule has 0 aromatic carbocycles. The number of carbonyl (C=O) groups excluding carboxylic acids is 1. The van der Waals surface area contributed by atoms with Crippen LogP contribution in [0.15, 0.2) is 0 Å². The molecule has 0 aliphatic carbocycles. The van der Waals surface area contributed by atoms with Gasteiger partial charge in [0.15, 0.2) is 0 Å². The minimum absolute atomic E-state index is 0.278. The van der Waals surface area contributed by atoms with Crippen molar-refractivity contribution in [1.82, 2.24) is 5.32 Å². The molecule has 14 heavy (non-hydrogen) atoms. The summed E-state index contributed by atoms with van der Waals surface area (Å²) in [6.45, 7) is 8.00. The molecule has 0 unspecified atom stereocenters. The van der Waals surface area contributed by atoms with E-state index in [-0.39, 0.29) is 5.92 Å². The molecule has 0 radical (unpaired) electrons. The monoisotopic (exact) mass is 200 g/mol. The highest BCUT2D eigenvalue weighted by atomic mass is 16.6. The maximum atomic E-state index is 11.2. The van der Waals surface area contributed by atoms with Gasteiger partial charge in [-0.15, -0.1) is 0 Å². The Morgan fingerprint density at radius 2 is 2.14 bits per heavy atom. The van der Waals surface area contributed by atoms with Gasteiger partial charge in [0.25, 0.3) is 0 Å². The summed E-state index contributed by atoms with van der Waals surface area (Å²) in [5.74, 6) is 0.278. The topological polar surface area (TPSA) is 62.2 Å². The minimum Gasteiger partial charge on any atom is -0.444 e. The quantitative estimate of drug-likeness (QED) is 0.683. The fourth-order valence-electron chi connectivity index (χ4n) is 0.856. The van der Waals surface area contributed by atoms with Crippen molar-refractivity contribution < 1.29 is 9.53 Å². The lowest BCUT2D eigenvalue weighted by molar-refractivity contribution is 0.0521. The highest BCUT2D eigenvalue weighted by molar-refractivity contribution is 5.67. The van der Waals surface area contributed by atoms with Gasteiger partial charge in [-0.05, 0) is 39.3 Å². The zero-order valence-corrected chi connectivity index (χ0v) is 9.39. The largest absolute Gasteiger partial charge is 0.444 e. The summed E-state index contributed by atoms with van der Waals surface area (Å²) in [6, 6.07) is 0. The van der Waals surface area contributed by atoms with Crippen LogP contribution in [0, 0.1) is 11.3 Å². The summed E-state index contributed by atoms with van der Waals surface area (Å²) in [6.07, 6.45) is 1.63. The number of amides is 1. The summed E-state index contributed by atoms with van der Waals surface area (Å²) < 4.78 is 5.06. The van der Waals surface area contributed by atoms with E-state index in [0.29, 0.717) is 13.0 Å². The highest BCUT2D eigenvalue weighted by Crippen LogP contribution is 2.06. The summed E-state index contributed by atoms with van der Waals surface area (Å²) >= 11 is 0. The Morgan fingerprint density at radius 1 is 1.57 bits per heavy atom. The van der Waals surface area contributed by atoms with Gasteiger partial charge >= 0.3 is 6.09 Å². The molecule has 0 bridgehead atoms. The van der Waals surface area contributed by atoms with Crippen LogP contribution in [0.4, 0.5) is 4.79 Å². The average molecular weight is 200 g/mol. The number of rotatable bonds is 4. The molecule has 0 saturated carbocycles. The Kier molecular flexibility index (Phi) is 5.20. The first kappa shape index (κ1) is 12.9. The first-order chi connectivity index (χ1) is 6.35. The lowest BCUT2D eigenvalue weighted by Gasteiger charge is -2.20. The third-order valence-corrected chi connectivity index (χ3v) is 1.51. The highest BCUT2D eigenvalue weighted by Gasteiger charge is 2.15. The summed E-state index contributed by atoms with van der Waals surface area (Å²) in [5.41, 5.74) is -0.450. The third kappa shape index (κ3) is 7.58. The normalized spacial score (nSPS) is 13.1. The third-order valence-electron chi connectivity index (χ3n) is 1.51. The van der Waals surface area contributed by atoms with E-state index in [2.05, 4.69) is 5.32 Å². The van der Waals surface area contributed by atoms with Gasteiger partial charge in [0.05, 0.1) is 0 Å². The summed E-state index contributed by atoms with van der Waals surface area (Å²) in [4.78, 5) is 11.2. The van der Waals surface area contributed by atoms with Crippen molar-refractivity contribution in [3.63, 3.8) is 0 Å². The molecule has 0 heterocycles. The number of nitrogens with one attached hydrogen (secondary N) is 2. The van der Waals surface area contributed by atoms with Gasteiger partial charge in [0, 0.05) is 6.54 Å². The van der Waals surface area contributed by atoms with Crippen LogP contribution in [0.5, 0.6) is 0 Å². The molecular weight excluding hydrogens is 180 g/mol. The van der Waals surface area contributed by atoms with E-state index in [1.54, 1.807) is 0 Å². The van der Waals surface area contributed by atoms with Gasteiger partial charge in [-0.3, -0.25) is 0 Å². The maximum absolute atomic E-state index is 11.2. The zero-order chi connectivity index (χ0) is 11.2. The predicted molar refractivity (Wildman–Crippen MR) is 56.8 cm³/mol. The fourth-order valence-corrected chi connectivity index (χ4v) is 0.856. The van der Waals surface area contributed by atoms with E-state index >= 15 is 0 Å². The smallest absolute Gasteiger partial charge is 0.407 e. The molecular formula is C10H20N2O2. The van der Waals surface area contributed by atoms with Gasteiger partial charge in [-0.2, -0.15) is 0 Å². The van der Waals surface area contributed by atoms with Crippen LogP contribution >= 0.6 is 0 Å². The van der Waals surface area contributed by atoms with Crippen LogP contribution in [0.2, 0.25) is 0 Å². The van der Waals surface area contributed by atoms with Crippen LogP contribution < -0.4 is 5.32 Å². The van der Waals surface area contributed by atoms with Crippen LogP contribution in [-0.4, -0.2) is 24.5 Å². The molecule has 0 rings (SSSR count). The molecule has 0 aromatic heterocycles. The first-order valence-corrected chi connectivity index (χ1v) is 4.81. The Hall–Kier alpha value is -1.06. The van der Waals surface area contributed by atoms with E-state index < -0.39 is 11.7 Å². The van der Waals surface area contributed by atoms with Crippen molar-refractivity contribution in [2.24, 2.45) is 5.92 Å². The van der Waals surface area contributed by atoms with Crippen molar-refractivity contribution in [3.8, 4) is 0 Å². The molecule has 2 N–H and O–H groups in total. The maximum Gasteiger partial charge on any atom is 0.407 e. The lowest BCUT2D eigenvalue weighted by atomic mass is 10.1. The molecule has 0 saturated heterocycles. The molecule has 4 nitrogen and oxygen atoms in total. The van der Waals surface area contributed by atoms with Crippen LogP contribution in [-0.2, 0) is 4.74 Å². The molecule has 1 amide bonds. The second kappa shape index (κ2) is 5.62. The Bertz CT molecular complexity index is 197. The second-order valence-corrected chi connectivity index (χ2v) is 4.43. The summed E-state index contributed by atoms with van der Waals surface area (Å²) in [5, 5.41) is 9.55. The number of hydrogen-bond donors (Lipinski definition) is 2. The van der Waals surface area contributed by atoms with E-state index in [1.165, 1.54) is 6.21 Å². The van der Waals surface area contributed by atoms with Gasteiger partial charge in [0.2, 0.25) is 0 Å². The minimum atomic E-state index is -0.450. The molecule has 0 aromatic rings. The van der Waals surface area contributed by atoms with Gasteiger partial charge in [-0.1, -0.05) is 6.92 Å². The number of alkyl carbamates (subject to hydrolysis) is 1. The predicted octanol–water partition coefficient (Wildman–Crippen LogP) is 2.19. The SMILES string of the molecule is C[C@@H](CC=N)CNC(=O)OC(C)(C)C. The van der Waals surface area contributed by atoms with E-state index in [9.17, 15) is 4.79 Å². The van der Waals surface area contributed by atoms with Crippen molar-refractivity contribution in [2.75, 3.05) is 6.54 Å². The molecule has 82 valence electrons. The molecule has 0 aliphatic rings. The fraction of sp³-hybridized carbons (Fsp3) is 0.800. The molecule has 4 heteroatoms. The lowest BCUT2D eigenvalue weighted by Crippen LogP contribution is -2.34. The van der Waals surface area contributed by atoms with Gasteiger partial charge in [-0.25, -0.2) is 4.79 Å². The zero-order valence-electron chi connectivity index (χ0n) is 9.39. The number of carbonyl (C=O) groups is 1. The summed E-state index contributed by atoms with van der Waals surface area (Å²) in [7, 11) is 0. The molecule has 1 atom stereocenters. The number of hydrogen-bond acceptors (Lipinski definition) is 3. The first-order valence-electron chi connectivity index (χ1n) is 4.81. The molecule has 0 aliphatic heterocycles. The van der Waals surface area contributed by atoms with E-state index in [4.69, 9.17) is 10.1 Å². The van der Waals surface area contributed by atoms with Crippen molar-refractivity contribution in [1.29, 1.82) is 5.41 Å². The second-order valence-electron chi connectivity index (χ2n) is 4.43. The van der Waals surface area contributed by atoms with Crippen LogP contribution in [0.1, 0.15) is 34.1 Å². The van der Waals surface area contributed by atoms with Crippen LogP contribution in [0.25, 0.3) is 0 Å². The van der Waals surface area contributed by atoms with Crippen molar-refractivity contribution in [2.45, 2.75) is 39.7 Å². The van der Waals surface area contributed by atoms with Crippen LogP contribution in [0.3, 0.4) is 0 Å².